The Balaban J connectivity index is 1.38. The van der Waals surface area contributed by atoms with Crippen molar-refractivity contribution in [3.8, 4) is 28.7 Å². The number of thiazole rings is 1. The van der Waals surface area contributed by atoms with E-state index in [2.05, 4.69) is 10.3 Å². The zero-order chi connectivity index (χ0) is 35.0. The van der Waals surface area contributed by atoms with Gasteiger partial charge in [-0.1, -0.05) is 12.1 Å². The molecule has 0 aliphatic carbocycles. The Morgan fingerprint density at radius 3 is 1.92 bits per heavy atom. The minimum absolute atomic E-state index is 0.0499. The third-order valence-corrected chi connectivity index (χ3v) is 9.35. The molecule has 1 N–H and O–H groups in total. The van der Waals surface area contributed by atoms with Crippen molar-refractivity contribution in [2.75, 3.05) is 19.5 Å². The van der Waals surface area contributed by atoms with Crippen molar-refractivity contribution in [2.45, 2.75) is 33.2 Å². The van der Waals surface area contributed by atoms with E-state index in [4.69, 9.17) is 28.0 Å². The maximum atomic E-state index is 14.4. The molecule has 1 aromatic heterocycles. The Labute approximate surface area is 286 Å². The Morgan fingerprint density at radius 1 is 0.816 bits per heavy atom. The Kier molecular flexibility index (Phi) is 11.6. The van der Waals surface area contributed by atoms with Crippen molar-refractivity contribution in [2.24, 2.45) is 0 Å². The predicted molar refractivity (Wildman–Crippen MR) is 182 cm³/mol. The number of hydrogen-bond donors (Lipinski definition) is 1. The van der Waals surface area contributed by atoms with Crippen LogP contribution in [0, 0.1) is 11.6 Å². The lowest BCUT2D eigenvalue weighted by atomic mass is 10.2. The van der Waals surface area contributed by atoms with Crippen LogP contribution in [0.3, 0.4) is 0 Å². The molecule has 0 aliphatic rings. The molecule has 5 aromatic rings. The van der Waals surface area contributed by atoms with E-state index < -0.39 is 25.1 Å². The van der Waals surface area contributed by atoms with Gasteiger partial charge in [0.25, 0.3) is 5.91 Å². The fraction of sp³-hybridized carbons (Fsp3) is 0.200. The third kappa shape index (κ3) is 9.42. The number of rotatable bonds is 15. The molecule has 0 spiro atoms. The van der Waals surface area contributed by atoms with Gasteiger partial charge in [0.2, 0.25) is 0 Å². The van der Waals surface area contributed by atoms with Crippen LogP contribution in [-0.4, -0.2) is 31.2 Å². The van der Waals surface area contributed by atoms with Crippen molar-refractivity contribution in [3.63, 3.8) is 0 Å². The molecule has 0 aliphatic heterocycles. The summed E-state index contributed by atoms with van der Waals surface area (Å²) >= 11 is 1.29. The highest BCUT2D eigenvalue weighted by Crippen LogP contribution is 2.49. The van der Waals surface area contributed by atoms with Crippen molar-refractivity contribution >= 4 is 35.3 Å². The summed E-state index contributed by atoms with van der Waals surface area (Å²) < 4.78 is 76.5. The number of hydrogen-bond acceptors (Lipinski definition) is 10. The minimum Gasteiger partial charge on any atom is -0.494 e. The highest BCUT2D eigenvalue weighted by molar-refractivity contribution is 7.62. The fourth-order valence-electron chi connectivity index (χ4n) is 4.49. The van der Waals surface area contributed by atoms with Crippen molar-refractivity contribution < 1.29 is 46.1 Å². The molecule has 0 bridgehead atoms. The summed E-state index contributed by atoms with van der Waals surface area (Å²) in [5.41, 5.74) is 1.06. The van der Waals surface area contributed by atoms with Crippen molar-refractivity contribution in [1.29, 1.82) is 0 Å². The van der Waals surface area contributed by atoms with Gasteiger partial charge in [0.15, 0.2) is 28.3 Å². The maximum absolute atomic E-state index is 14.4. The second-order valence-electron chi connectivity index (χ2n) is 10.7. The van der Waals surface area contributed by atoms with Crippen LogP contribution in [0.5, 0.6) is 28.7 Å². The van der Waals surface area contributed by atoms with Gasteiger partial charge in [-0.15, -0.1) is 11.3 Å². The second-order valence-corrected chi connectivity index (χ2v) is 13.7. The van der Waals surface area contributed by atoms with E-state index in [1.807, 2.05) is 13.8 Å². The molecular weight excluding hydrogens is 677 g/mol. The second kappa shape index (κ2) is 16.1. The van der Waals surface area contributed by atoms with E-state index in [0.29, 0.717) is 33.5 Å². The van der Waals surface area contributed by atoms with E-state index >= 15 is 0 Å². The number of nitrogens with one attached hydrogen (secondary N) is 1. The van der Waals surface area contributed by atoms with Crippen molar-refractivity contribution in [1.82, 2.24) is 4.98 Å². The molecule has 256 valence electrons. The normalized spacial score (nSPS) is 11.3. The van der Waals surface area contributed by atoms with E-state index in [-0.39, 0.29) is 41.7 Å². The van der Waals surface area contributed by atoms with Crippen LogP contribution in [0.15, 0.2) is 90.4 Å². The molecule has 0 saturated carbocycles. The smallest absolute Gasteiger partial charge is 0.361 e. The molecule has 14 heteroatoms. The molecule has 0 atom stereocenters. The van der Waals surface area contributed by atoms with Gasteiger partial charge in [-0.25, -0.2) is 13.8 Å². The van der Waals surface area contributed by atoms with Crippen molar-refractivity contribution in [3.05, 3.63) is 119 Å². The maximum Gasteiger partial charge on any atom is 0.361 e. The first-order chi connectivity index (χ1) is 23.5. The first-order valence-corrected chi connectivity index (χ1v) is 17.3. The van der Waals surface area contributed by atoms with Gasteiger partial charge in [0.05, 0.1) is 38.8 Å². The number of ether oxygens (including phenoxy) is 4. The molecule has 1 heterocycles. The standard InChI is InChI=1S/C35H33F2N2O8PS/c1-22(2)46-27-17-25(34(40)39-35-38-13-14-49-35)18-28(19-27)47-26-7-9-29(10-8-26)48(41,44-20-23-5-11-32(42-3)30(36)15-23)45-21-24-6-12-33(43-4)31(37)16-24/h5-19,22H,20-21H2,1-4H3,(H,38,39,40). The molecule has 49 heavy (non-hydrogen) atoms. The van der Waals surface area contributed by atoms with Gasteiger partial charge in [-0.2, -0.15) is 0 Å². The molecular formula is C35H33F2N2O8PS. The predicted octanol–water partition coefficient (Wildman–Crippen LogP) is 8.52. The Bertz CT molecular complexity index is 1880. The quantitative estimate of drug-likeness (QED) is 0.107. The lowest BCUT2D eigenvalue weighted by Gasteiger charge is -2.20. The fourth-order valence-corrected chi connectivity index (χ4v) is 6.54. The number of carbonyl (C=O) groups excluding carboxylic acids is 1. The number of anilines is 1. The molecule has 1 amide bonds. The number of halogens is 2. The lowest BCUT2D eigenvalue weighted by molar-refractivity contribution is 0.102. The van der Waals surface area contributed by atoms with Gasteiger partial charge >= 0.3 is 7.60 Å². The van der Waals surface area contributed by atoms with Crippen LogP contribution in [0.1, 0.15) is 35.3 Å². The van der Waals surface area contributed by atoms with Gasteiger partial charge in [-0.3, -0.25) is 14.7 Å². The molecule has 0 radical (unpaired) electrons. The summed E-state index contributed by atoms with van der Waals surface area (Å²) in [7, 11) is -1.39. The topological polar surface area (TPSA) is 114 Å². The summed E-state index contributed by atoms with van der Waals surface area (Å²) in [4.78, 5) is 17.1. The van der Waals surface area contributed by atoms with Gasteiger partial charge in [0.1, 0.15) is 17.2 Å². The summed E-state index contributed by atoms with van der Waals surface area (Å²) in [5, 5.41) is 5.11. The van der Waals surface area contributed by atoms with Gasteiger partial charge in [-0.05, 0) is 85.6 Å². The SMILES string of the molecule is COc1ccc(COP(=O)(OCc2ccc(OC)c(F)c2)c2ccc(Oc3cc(OC(C)C)cc(C(=O)Nc4nccs4)c3)cc2)cc1F. The van der Waals surface area contributed by atoms with Crippen LogP contribution in [0.25, 0.3) is 0 Å². The van der Waals surface area contributed by atoms with E-state index in [1.54, 1.807) is 54.0 Å². The Morgan fingerprint density at radius 2 is 1.41 bits per heavy atom. The van der Waals surface area contributed by atoms with Crippen LogP contribution >= 0.6 is 18.9 Å². The van der Waals surface area contributed by atoms with Crippen LogP contribution < -0.4 is 29.6 Å². The lowest BCUT2D eigenvalue weighted by Crippen LogP contribution is -2.13. The average molecular weight is 711 g/mol. The Hall–Kier alpha value is -4.81. The number of nitrogens with zero attached hydrogens (tertiary/aromatic N) is 1. The summed E-state index contributed by atoms with van der Waals surface area (Å²) in [6, 6.07) is 19.4. The monoisotopic (exact) mass is 710 g/mol. The third-order valence-electron chi connectivity index (χ3n) is 6.79. The molecule has 0 unspecified atom stereocenters. The van der Waals surface area contributed by atoms with Gasteiger partial charge in [0, 0.05) is 23.2 Å². The average Bonchev–Trinajstić information content (AvgIpc) is 3.59. The molecule has 0 saturated heterocycles. The molecule has 5 rings (SSSR count). The van der Waals surface area contributed by atoms with Crippen LogP contribution in [-0.2, 0) is 26.8 Å². The summed E-state index contributed by atoms with van der Waals surface area (Å²) in [6.07, 6.45) is 1.42. The van der Waals surface area contributed by atoms with E-state index in [1.165, 1.54) is 62.0 Å². The number of carbonyl (C=O) groups is 1. The first kappa shape index (κ1) is 35.5. The molecule has 4 aromatic carbocycles. The molecule has 10 nitrogen and oxygen atoms in total. The first-order valence-electron chi connectivity index (χ1n) is 14.9. The number of methoxy groups -OCH3 is 2. The van der Waals surface area contributed by atoms with E-state index in [9.17, 15) is 18.1 Å². The highest BCUT2D eigenvalue weighted by atomic mass is 32.1. The zero-order valence-electron chi connectivity index (χ0n) is 27.0. The number of benzene rings is 4. The summed E-state index contributed by atoms with van der Waals surface area (Å²) in [6.45, 7) is 3.20. The van der Waals surface area contributed by atoms with E-state index in [0.717, 1.165) is 0 Å². The number of aromatic nitrogens is 1. The summed E-state index contributed by atoms with van der Waals surface area (Å²) in [5.74, 6) is -0.436. The number of amides is 1. The van der Waals surface area contributed by atoms with Gasteiger partial charge < -0.3 is 28.0 Å². The molecule has 0 fully saturated rings. The largest absolute Gasteiger partial charge is 0.494 e. The minimum atomic E-state index is -4.09. The highest BCUT2D eigenvalue weighted by Gasteiger charge is 2.29. The van der Waals surface area contributed by atoms with Crippen LogP contribution in [0.4, 0.5) is 13.9 Å². The zero-order valence-corrected chi connectivity index (χ0v) is 28.7. The van der Waals surface area contributed by atoms with Crippen LogP contribution in [0.2, 0.25) is 0 Å².